The number of methoxy groups -OCH3 is 1. The molecule has 0 bridgehead atoms. The fourth-order valence-electron chi connectivity index (χ4n) is 3.37. The molecule has 0 spiro atoms. The summed E-state index contributed by atoms with van der Waals surface area (Å²) in [6, 6.07) is 7.42. The number of anilines is 1. The summed E-state index contributed by atoms with van der Waals surface area (Å²) in [5.74, 6) is -3.29. The second-order valence-corrected chi connectivity index (χ2v) is 6.74. The van der Waals surface area contributed by atoms with Crippen molar-refractivity contribution in [3.05, 3.63) is 53.5 Å². The van der Waals surface area contributed by atoms with Crippen molar-refractivity contribution < 1.29 is 31.9 Å². The van der Waals surface area contributed by atoms with Gasteiger partial charge in [0, 0.05) is 19.0 Å². The number of carbonyl (C=O) groups excluding carboxylic acids is 2. The van der Waals surface area contributed by atoms with Crippen molar-refractivity contribution in [2.75, 3.05) is 25.1 Å². The Labute approximate surface area is 169 Å². The van der Waals surface area contributed by atoms with E-state index in [0.717, 1.165) is 0 Å². The van der Waals surface area contributed by atoms with Crippen LogP contribution in [0.5, 0.6) is 0 Å². The van der Waals surface area contributed by atoms with Crippen LogP contribution in [-0.2, 0) is 9.53 Å². The molecular formula is C19H18F4N4O3. The first-order valence-corrected chi connectivity index (χ1v) is 8.99. The summed E-state index contributed by atoms with van der Waals surface area (Å²) in [6.07, 6.45) is -4.65. The Morgan fingerprint density at radius 3 is 2.40 bits per heavy atom. The Hall–Kier alpha value is -3.24. The number of esters is 1. The summed E-state index contributed by atoms with van der Waals surface area (Å²) in [7, 11) is 1.20. The number of nitrogens with zero attached hydrogens (tertiary/aromatic N) is 3. The van der Waals surface area contributed by atoms with Gasteiger partial charge in [-0.25, -0.2) is 9.18 Å². The lowest BCUT2D eigenvalue weighted by Gasteiger charge is -2.39. The van der Waals surface area contributed by atoms with Crippen LogP contribution in [0.15, 0.2) is 36.4 Å². The highest BCUT2D eigenvalue weighted by Gasteiger charge is 2.42. The largest absolute Gasteiger partial charge is 0.471 e. The van der Waals surface area contributed by atoms with Crippen molar-refractivity contribution in [1.82, 2.24) is 15.5 Å². The number of aromatic nitrogens is 2. The van der Waals surface area contributed by atoms with E-state index in [-0.39, 0.29) is 12.2 Å². The zero-order chi connectivity index (χ0) is 21.9. The van der Waals surface area contributed by atoms with Gasteiger partial charge in [-0.2, -0.15) is 13.2 Å². The third-order valence-corrected chi connectivity index (χ3v) is 4.85. The molecule has 160 valence electrons. The fourth-order valence-corrected chi connectivity index (χ4v) is 3.37. The number of hydrogen-bond acceptors (Lipinski definition) is 6. The Balaban J connectivity index is 1.82. The van der Waals surface area contributed by atoms with Gasteiger partial charge < -0.3 is 15.0 Å². The van der Waals surface area contributed by atoms with E-state index >= 15 is 0 Å². The van der Waals surface area contributed by atoms with Gasteiger partial charge in [0.2, 0.25) is 0 Å². The average Bonchev–Trinajstić information content (AvgIpc) is 2.73. The molecule has 2 aromatic rings. The van der Waals surface area contributed by atoms with Gasteiger partial charge in [-0.05, 0) is 36.2 Å². The number of nitrogens with one attached hydrogen (secondary N) is 1. The SMILES string of the molecule is COC(=O)c1ccc(N2CCC(c3ccc(F)cc3)C(NC(=O)C(F)(F)F)C2)nn1. The van der Waals surface area contributed by atoms with E-state index in [9.17, 15) is 27.2 Å². The number of piperidine rings is 1. The molecule has 30 heavy (non-hydrogen) atoms. The molecule has 1 N–H and O–H groups in total. The van der Waals surface area contributed by atoms with Gasteiger partial charge in [-0.1, -0.05) is 12.1 Å². The van der Waals surface area contributed by atoms with Gasteiger partial charge in [0.05, 0.1) is 13.2 Å². The summed E-state index contributed by atoms with van der Waals surface area (Å²) in [5.41, 5.74) is 0.611. The number of rotatable bonds is 4. The van der Waals surface area contributed by atoms with Crippen LogP contribution in [0.25, 0.3) is 0 Å². The molecule has 2 unspecified atom stereocenters. The third-order valence-electron chi connectivity index (χ3n) is 4.85. The number of benzene rings is 1. The summed E-state index contributed by atoms with van der Waals surface area (Å²) in [6.45, 7) is 0.433. The monoisotopic (exact) mass is 426 g/mol. The van der Waals surface area contributed by atoms with E-state index in [4.69, 9.17) is 0 Å². The number of carbonyl (C=O) groups is 2. The van der Waals surface area contributed by atoms with E-state index in [1.54, 1.807) is 4.90 Å². The molecule has 2 heterocycles. The van der Waals surface area contributed by atoms with Crippen LogP contribution in [0, 0.1) is 5.82 Å². The van der Waals surface area contributed by atoms with Gasteiger partial charge in [0.25, 0.3) is 0 Å². The van der Waals surface area contributed by atoms with Crippen LogP contribution in [0.3, 0.4) is 0 Å². The molecule has 1 fully saturated rings. The van der Waals surface area contributed by atoms with Crippen LogP contribution >= 0.6 is 0 Å². The Morgan fingerprint density at radius 1 is 1.13 bits per heavy atom. The highest BCUT2D eigenvalue weighted by Crippen LogP contribution is 2.31. The lowest BCUT2D eigenvalue weighted by atomic mass is 9.85. The molecule has 0 saturated carbocycles. The normalized spacial score (nSPS) is 19.3. The summed E-state index contributed by atoms with van der Waals surface area (Å²) in [4.78, 5) is 24.7. The maximum Gasteiger partial charge on any atom is 0.471 e. The van der Waals surface area contributed by atoms with Crippen molar-refractivity contribution in [2.45, 2.75) is 24.6 Å². The van der Waals surface area contributed by atoms with Crippen LogP contribution in [0.2, 0.25) is 0 Å². The average molecular weight is 426 g/mol. The smallest absolute Gasteiger partial charge is 0.464 e. The second kappa shape index (κ2) is 8.64. The van der Waals surface area contributed by atoms with Gasteiger partial charge in [0.15, 0.2) is 11.5 Å². The lowest BCUT2D eigenvalue weighted by Crippen LogP contribution is -2.54. The maximum absolute atomic E-state index is 13.2. The van der Waals surface area contributed by atoms with Crippen LogP contribution in [-0.4, -0.2) is 54.5 Å². The van der Waals surface area contributed by atoms with Crippen molar-refractivity contribution >= 4 is 17.7 Å². The molecule has 0 radical (unpaired) electrons. The first kappa shape index (κ1) is 21.5. The number of alkyl halides is 3. The highest BCUT2D eigenvalue weighted by atomic mass is 19.4. The molecule has 1 aliphatic rings. The Bertz CT molecular complexity index is 903. The summed E-state index contributed by atoms with van der Waals surface area (Å²) < 4.78 is 56.2. The van der Waals surface area contributed by atoms with E-state index in [1.165, 1.54) is 43.5 Å². The predicted octanol–water partition coefficient (Wildman–Crippen LogP) is 2.44. The third kappa shape index (κ3) is 4.84. The minimum absolute atomic E-state index is 0.00984. The zero-order valence-corrected chi connectivity index (χ0v) is 15.8. The topological polar surface area (TPSA) is 84.4 Å². The van der Waals surface area contributed by atoms with E-state index in [1.807, 2.05) is 5.32 Å². The van der Waals surface area contributed by atoms with Crippen molar-refractivity contribution in [1.29, 1.82) is 0 Å². The van der Waals surface area contributed by atoms with Gasteiger partial charge >= 0.3 is 18.1 Å². The second-order valence-electron chi connectivity index (χ2n) is 6.74. The van der Waals surface area contributed by atoms with Crippen molar-refractivity contribution in [3.8, 4) is 0 Å². The van der Waals surface area contributed by atoms with Crippen LogP contribution in [0.1, 0.15) is 28.4 Å². The molecule has 2 atom stereocenters. The first-order valence-electron chi connectivity index (χ1n) is 8.99. The van der Waals surface area contributed by atoms with Gasteiger partial charge in [-0.3, -0.25) is 4.79 Å². The Morgan fingerprint density at radius 2 is 1.83 bits per heavy atom. The molecule has 0 aliphatic carbocycles. The zero-order valence-electron chi connectivity index (χ0n) is 15.8. The van der Waals surface area contributed by atoms with E-state index < -0.39 is 35.8 Å². The van der Waals surface area contributed by atoms with Crippen LogP contribution in [0.4, 0.5) is 23.4 Å². The number of amides is 1. The lowest BCUT2D eigenvalue weighted by molar-refractivity contribution is -0.174. The quantitative estimate of drug-likeness (QED) is 0.597. The standard InChI is InChI=1S/C19H18F4N4O3/c1-30-17(28)14-6-7-16(26-25-14)27-9-8-13(11-2-4-12(20)5-3-11)15(10-27)24-18(29)19(21,22)23/h2-7,13,15H,8-10H2,1H3,(H,24,29). The van der Waals surface area contributed by atoms with Gasteiger partial charge in [-0.15, -0.1) is 10.2 Å². The summed E-state index contributed by atoms with van der Waals surface area (Å²) >= 11 is 0. The molecule has 1 aliphatic heterocycles. The molecule has 1 saturated heterocycles. The van der Waals surface area contributed by atoms with Crippen molar-refractivity contribution in [2.24, 2.45) is 0 Å². The molecule has 3 rings (SSSR count). The number of hydrogen-bond donors (Lipinski definition) is 1. The Kier molecular flexibility index (Phi) is 6.18. The van der Waals surface area contributed by atoms with E-state index in [2.05, 4.69) is 14.9 Å². The maximum atomic E-state index is 13.2. The predicted molar refractivity (Wildman–Crippen MR) is 97.3 cm³/mol. The molecule has 11 heteroatoms. The van der Waals surface area contributed by atoms with Gasteiger partial charge in [0.1, 0.15) is 5.82 Å². The molecule has 1 aromatic carbocycles. The molecule has 1 amide bonds. The molecule has 7 nitrogen and oxygen atoms in total. The van der Waals surface area contributed by atoms with E-state index in [0.29, 0.717) is 24.3 Å². The first-order chi connectivity index (χ1) is 14.2. The minimum atomic E-state index is -5.03. The van der Waals surface area contributed by atoms with Crippen molar-refractivity contribution in [3.63, 3.8) is 0 Å². The number of ether oxygens (including phenoxy) is 1. The number of halogens is 4. The summed E-state index contributed by atoms with van der Waals surface area (Å²) in [5, 5.41) is 9.73. The molecular weight excluding hydrogens is 408 g/mol. The van der Waals surface area contributed by atoms with Crippen LogP contribution < -0.4 is 10.2 Å². The molecule has 1 aromatic heterocycles. The highest BCUT2D eigenvalue weighted by molar-refractivity contribution is 5.87. The minimum Gasteiger partial charge on any atom is -0.464 e. The fraction of sp³-hybridized carbons (Fsp3) is 0.368.